The van der Waals surface area contributed by atoms with Crippen molar-refractivity contribution in [1.29, 1.82) is 0 Å². The van der Waals surface area contributed by atoms with Gasteiger partial charge in [0.15, 0.2) is 0 Å². The van der Waals surface area contributed by atoms with Gasteiger partial charge in [-0.2, -0.15) is 0 Å². The molecule has 2 N–H and O–H groups in total. The zero-order valence-electron chi connectivity index (χ0n) is 14.8. The fourth-order valence-electron chi connectivity index (χ4n) is 3.16. The van der Waals surface area contributed by atoms with Crippen LogP contribution in [0.5, 0.6) is 0 Å². The summed E-state index contributed by atoms with van der Waals surface area (Å²) in [5.74, 6) is 0.0951. The highest BCUT2D eigenvalue weighted by Gasteiger charge is 2.26. The van der Waals surface area contributed by atoms with E-state index in [1.807, 2.05) is 37.3 Å². The maximum absolute atomic E-state index is 12.2. The normalized spacial score (nSPS) is 19.5. The number of carbonyl (C=O) groups is 2. The van der Waals surface area contributed by atoms with Crippen LogP contribution in [0.4, 0.5) is 0 Å². The summed E-state index contributed by atoms with van der Waals surface area (Å²) in [6, 6.07) is 10.5. The average Bonchev–Trinajstić information content (AvgIpc) is 3.41. The largest absolute Gasteiger partial charge is 0.352 e. The molecule has 1 heterocycles. The predicted octanol–water partition coefficient (Wildman–Crippen LogP) is 1.95. The highest BCUT2D eigenvalue weighted by Crippen LogP contribution is 2.18. The molecule has 25 heavy (non-hydrogen) atoms. The molecule has 5 nitrogen and oxygen atoms in total. The molecule has 1 aromatic carbocycles. The number of carbonyl (C=O) groups excluding carboxylic acids is 2. The van der Waals surface area contributed by atoms with E-state index in [0.717, 1.165) is 49.9 Å². The van der Waals surface area contributed by atoms with Crippen LogP contribution in [-0.4, -0.2) is 48.4 Å². The van der Waals surface area contributed by atoms with E-state index in [4.69, 9.17) is 0 Å². The first-order valence-electron chi connectivity index (χ1n) is 9.16. The number of benzene rings is 1. The second-order valence-corrected chi connectivity index (χ2v) is 7.09. The summed E-state index contributed by atoms with van der Waals surface area (Å²) in [7, 11) is 0. The van der Waals surface area contributed by atoms with E-state index < -0.39 is 0 Å². The van der Waals surface area contributed by atoms with E-state index in [1.54, 1.807) is 6.08 Å². The maximum Gasteiger partial charge on any atom is 0.244 e. The predicted molar refractivity (Wildman–Crippen MR) is 98.9 cm³/mol. The molecule has 2 fully saturated rings. The number of likely N-dealkylation sites (tertiary alicyclic amines) is 1. The van der Waals surface area contributed by atoms with Crippen molar-refractivity contribution < 1.29 is 9.59 Å². The highest BCUT2D eigenvalue weighted by atomic mass is 16.2. The van der Waals surface area contributed by atoms with Crippen molar-refractivity contribution in [2.45, 2.75) is 44.7 Å². The van der Waals surface area contributed by atoms with Crippen molar-refractivity contribution in [2.75, 3.05) is 19.6 Å². The zero-order chi connectivity index (χ0) is 17.6. The van der Waals surface area contributed by atoms with E-state index in [0.29, 0.717) is 12.6 Å². The lowest BCUT2D eigenvalue weighted by Crippen LogP contribution is -2.47. The van der Waals surface area contributed by atoms with Gasteiger partial charge in [-0.3, -0.25) is 14.5 Å². The molecule has 134 valence electrons. The van der Waals surface area contributed by atoms with Gasteiger partial charge in [0.05, 0.1) is 6.54 Å². The lowest BCUT2D eigenvalue weighted by Gasteiger charge is -2.31. The number of allylic oxidation sites excluding steroid dienone is 1. The average molecular weight is 341 g/mol. The Kier molecular flexibility index (Phi) is 5.87. The summed E-state index contributed by atoms with van der Waals surface area (Å²) in [6.07, 6.45) is 5.69. The first kappa shape index (κ1) is 17.7. The van der Waals surface area contributed by atoms with Crippen LogP contribution in [0.15, 0.2) is 36.4 Å². The summed E-state index contributed by atoms with van der Waals surface area (Å²) >= 11 is 0. The Morgan fingerprint density at radius 3 is 2.32 bits per heavy atom. The lowest BCUT2D eigenvalue weighted by molar-refractivity contribution is -0.123. The summed E-state index contributed by atoms with van der Waals surface area (Å²) in [4.78, 5) is 26.2. The van der Waals surface area contributed by atoms with Gasteiger partial charge in [0, 0.05) is 31.2 Å². The summed E-state index contributed by atoms with van der Waals surface area (Å²) < 4.78 is 0. The van der Waals surface area contributed by atoms with Gasteiger partial charge >= 0.3 is 0 Å². The van der Waals surface area contributed by atoms with Crippen LogP contribution in [0.25, 0.3) is 5.57 Å². The number of nitrogens with one attached hydrogen (secondary N) is 2. The Balaban J connectivity index is 1.40. The van der Waals surface area contributed by atoms with E-state index >= 15 is 0 Å². The second kappa shape index (κ2) is 8.30. The third-order valence-electron chi connectivity index (χ3n) is 4.82. The highest BCUT2D eigenvalue weighted by molar-refractivity contribution is 5.95. The van der Waals surface area contributed by atoms with Crippen LogP contribution in [0, 0.1) is 0 Å². The fraction of sp³-hybridized carbons (Fsp3) is 0.500. The molecular weight excluding hydrogens is 314 g/mol. The van der Waals surface area contributed by atoms with Crippen LogP contribution in [0.2, 0.25) is 0 Å². The Morgan fingerprint density at radius 2 is 1.68 bits per heavy atom. The molecule has 0 radical (unpaired) electrons. The van der Waals surface area contributed by atoms with Crippen molar-refractivity contribution in [3.8, 4) is 0 Å². The van der Waals surface area contributed by atoms with Gasteiger partial charge in [0.25, 0.3) is 0 Å². The van der Waals surface area contributed by atoms with Crippen LogP contribution in [-0.2, 0) is 9.59 Å². The van der Waals surface area contributed by atoms with E-state index in [2.05, 4.69) is 15.5 Å². The van der Waals surface area contributed by atoms with Gasteiger partial charge in [-0.15, -0.1) is 0 Å². The fourth-order valence-corrected chi connectivity index (χ4v) is 3.16. The minimum Gasteiger partial charge on any atom is -0.352 e. The Bertz CT molecular complexity index is 630. The van der Waals surface area contributed by atoms with Crippen molar-refractivity contribution in [1.82, 2.24) is 15.5 Å². The molecule has 1 aliphatic carbocycles. The molecule has 0 atom stereocenters. The van der Waals surface area contributed by atoms with Crippen LogP contribution in [0.1, 0.15) is 38.2 Å². The number of hydrogen-bond donors (Lipinski definition) is 2. The molecule has 0 aromatic heterocycles. The zero-order valence-corrected chi connectivity index (χ0v) is 14.8. The minimum absolute atomic E-state index is 0.0359. The number of hydrogen-bond acceptors (Lipinski definition) is 3. The van der Waals surface area contributed by atoms with Gasteiger partial charge in [-0.05, 0) is 43.7 Å². The first-order valence-corrected chi connectivity index (χ1v) is 9.16. The first-order chi connectivity index (χ1) is 12.1. The van der Waals surface area contributed by atoms with Crippen molar-refractivity contribution in [3.63, 3.8) is 0 Å². The van der Waals surface area contributed by atoms with Gasteiger partial charge < -0.3 is 10.6 Å². The van der Waals surface area contributed by atoms with Gasteiger partial charge in [0.1, 0.15) is 0 Å². The monoisotopic (exact) mass is 341 g/mol. The molecular formula is C20H27N3O2. The molecule has 3 rings (SSSR count). The molecule has 0 unspecified atom stereocenters. The number of rotatable bonds is 6. The van der Waals surface area contributed by atoms with Crippen molar-refractivity contribution >= 4 is 17.4 Å². The Morgan fingerprint density at radius 1 is 1.04 bits per heavy atom. The number of piperidine rings is 1. The smallest absolute Gasteiger partial charge is 0.244 e. The molecule has 1 aromatic rings. The second-order valence-electron chi connectivity index (χ2n) is 7.09. The van der Waals surface area contributed by atoms with Gasteiger partial charge in [-0.25, -0.2) is 0 Å². The molecule has 5 heteroatoms. The van der Waals surface area contributed by atoms with Crippen molar-refractivity contribution in [2.24, 2.45) is 0 Å². The SMILES string of the molecule is C/C(=C\C(=O)NC1CCN(CC(=O)NC2CC2)CC1)c1ccccc1. The molecule has 0 bridgehead atoms. The number of amides is 2. The third-order valence-corrected chi connectivity index (χ3v) is 4.82. The quantitative estimate of drug-likeness (QED) is 0.778. The molecule has 1 saturated carbocycles. The number of nitrogens with zero attached hydrogens (tertiary/aromatic N) is 1. The molecule has 2 aliphatic rings. The summed E-state index contributed by atoms with van der Waals surface area (Å²) in [5.41, 5.74) is 2.03. The maximum atomic E-state index is 12.2. The summed E-state index contributed by atoms with van der Waals surface area (Å²) in [6.45, 7) is 4.13. The van der Waals surface area contributed by atoms with Gasteiger partial charge in [-0.1, -0.05) is 30.3 Å². The Hall–Kier alpha value is -2.14. The molecule has 0 spiro atoms. The lowest BCUT2D eigenvalue weighted by atomic mass is 10.0. The van der Waals surface area contributed by atoms with Crippen LogP contribution < -0.4 is 10.6 Å². The Labute approximate surface area is 149 Å². The third kappa shape index (κ3) is 5.71. The molecule has 1 aliphatic heterocycles. The van der Waals surface area contributed by atoms with Crippen LogP contribution >= 0.6 is 0 Å². The topological polar surface area (TPSA) is 61.4 Å². The van der Waals surface area contributed by atoms with Gasteiger partial charge in [0.2, 0.25) is 11.8 Å². The summed E-state index contributed by atoms with van der Waals surface area (Å²) in [5, 5.41) is 6.12. The standard InChI is InChI=1S/C20H27N3O2/c1-15(16-5-3-2-4-6-16)13-19(24)21-18-9-11-23(12-10-18)14-20(25)22-17-7-8-17/h2-6,13,17-18H,7-12,14H2,1H3,(H,21,24)(H,22,25)/b15-13+. The minimum atomic E-state index is -0.0359. The van der Waals surface area contributed by atoms with E-state index in [1.165, 1.54) is 0 Å². The van der Waals surface area contributed by atoms with Crippen molar-refractivity contribution in [3.05, 3.63) is 42.0 Å². The molecule has 1 saturated heterocycles. The van der Waals surface area contributed by atoms with E-state index in [-0.39, 0.29) is 17.9 Å². The molecule has 2 amide bonds. The van der Waals surface area contributed by atoms with E-state index in [9.17, 15) is 9.59 Å². The van der Waals surface area contributed by atoms with Crippen LogP contribution in [0.3, 0.4) is 0 Å².